The number of rotatable bonds is 7. The minimum absolute atomic E-state index is 0.0151. The lowest BCUT2D eigenvalue weighted by atomic mass is 9.88. The van der Waals surface area contributed by atoms with E-state index in [4.69, 9.17) is 0 Å². The van der Waals surface area contributed by atoms with Crippen LogP contribution < -0.4 is 0 Å². The largest absolute Gasteiger partial charge is 0.334 e. The van der Waals surface area contributed by atoms with Gasteiger partial charge in [0, 0.05) is 13.0 Å². The molecule has 0 aromatic heterocycles. The van der Waals surface area contributed by atoms with E-state index in [1.165, 1.54) is 0 Å². The minimum Gasteiger partial charge on any atom is -0.334 e. The molecule has 1 fully saturated rings. The molecule has 3 aromatic rings. The number of likely N-dealkylation sites (tertiary alicyclic amines) is 1. The van der Waals surface area contributed by atoms with Crippen molar-refractivity contribution in [1.29, 1.82) is 0 Å². The fourth-order valence-electron chi connectivity index (χ4n) is 4.62. The Morgan fingerprint density at radius 1 is 0.912 bits per heavy atom. The predicted molar refractivity (Wildman–Crippen MR) is 127 cm³/mol. The predicted octanol–water partition coefficient (Wildman–Crippen LogP) is 5.11. The second kappa shape index (κ2) is 10.7. The van der Waals surface area contributed by atoms with Gasteiger partial charge in [-0.2, -0.15) is 0 Å². The molecule has 0 spiro atoms. The molecule has 1 aliphatic rings. The van der Waals surface area contributed by atoms with Gasteiger partial charge in [-0.3, -0.25) is 14.5 Å². The van der Waals surface area contributed by atoms with Crippen LogP contribution in [0.4, 0.5) is 8.78 Å². The summed E-state index contributed by atoms with van der Waals surface area (Å²) in [6.07, 6.45) is 1.01. The van der Waals surface area contributed by atoms with Gasteiger partial charge in [0.05, 0.1) is 18.2 Å². The standard InChI is InChI=1S/C28H28F2N2O2/c1-31(27(20-8-4-2-5-9-20)21-10-6-3-7-11-21)26(33)19-32-16-14-22(15-17-32)28(34)24-18-23(29)12-13-25(24)30/h2-13,18,22,27H,14-17,19H2,1H3. The zero-order chi connectivity index (χ0) is 24.1. The molecule has 1 heterocycles. The zero-order valence-corrected chi connectivity index (χ0v) is 19.2. The molecule has 4 rings (SSSR count). The second-order valence-electron chi connectivity index (χ2n) is 8.77. The van der Waals surface area contributed by atoms with Crippen molar-refractivity contribution >= 4 is 11.7 Å². The zero-order valence-electron chi connectivity index (χ0n) is 19.2. The molecule has 0 saturated carbocycles. The van der Waals surface area contributed by atoms with Crippen molar-refractivity contribution in [3.63, 3.8) is 0 Å². The molecule has 3 aromatic carbocycles. The van der Waals surface area contributed by atoms with Crippen LogP contribution in [-0.2, 0) is 4.79 Å². The van der Waals surface area contributed by atoms with E-state index in [0.29, 0.717) is 25.9 Å². The number of halogens is 2. The number of hydrogen-bond acceptors (Lipinski definition) is 3. The number of nitrogens with zero attached hydrogens (tertiary/aromatic N) is 2. The Bertz CT molecular complexity index is 1090. The van der Waals surface area contributed by atoms with Crippen molar-refractivity contribution < 1.29 is 18.4 Å². The highest BCUT2D eigenvalue weighted by molar-refractivity contribution is 5.98. The first-order valence-corrected chi connectivity index (χ1v) is 11.5. The van der Waals surface area contributed by atoms with Crippen LogP contribution in [0.25, 0.3) is 0 Å². The van der Waals surface area contributed by atoms with Crippen LogP contribution in [0.3, 0.4) is 0 Å². The number of piperidine rings is 1. The maximum atomic E-state index is 14.0. The molecule has 0 N–H and O–H groups in total. The highest BCUT2D eigenvalue weighted by atomic mass is 19.1. The summed E-state index contributed by atoms with van der Waals surface area (Å²) in [6.45, 7) is 1.34. The third-order valence-electron chi connectivity index (χ3n) is 6.52. The summed E-state index contributed by atoms with van der Waals surface area (Å²) in [5.41, 5.74) is 1.87. The van der Waals surface area contributed by atoms with Gasteiger partial charge in [0.15, 0.2) is 5.78 Å². The Morgan fingerprint density at radius 2 is 1.47 bits per heavy atom. The molecule has 4 nitrogen and oxygen atoms in total. The van der Waals surface area contributed by atoms with E-state index in [0.717, 1.165) is 29.3 Å². The van der Waals surface area contributed by atoms with Crippen LogP contribution >= 0.6 is 0 Å². The number of benzene rings is 3. The summed E-state index contributed by atoms with van der Waals surface area (Å²) in [4.78, 5) is 29.8. The third kappa shape index (κ3) is 5.39. The molecule has 1 saturated heterocycles. The summed E-state index contributed by atoms with van der Waals surface area (Å²) >= 11 is 0. The van der Waals surface area contributed by atoms with Crippen molar-refractivity contribution in [2.24, 2.45) is 5.92 Å². The Kier molecular flexibility index (Phi) is 7.48. The number of ketones is 1. The highest BCUT2D eigenvalue weighted by Crippen LogP contribution is 2.28. The first-order valence-electron chi connectivity index (χ1n) is 11.5. The van der Waals surface area contributed by atoms with E-state index in [1.54, 1.807) is 4.90 Å². The van der Waals surface area contributed by atoms with Gasteiger partial charge in [0.1, 0.15) is 11.6 Å². The SMILES string of the molecule is CN(C(=O)CN1CCC(C(=O)c2cc(F)ccc2F)CC1)C(c1ccccc1)c1ccccc1. The van der Waals surface area contributed by atoms with Gasteiger partial charge in [-0.05, 0) is 55.3 Å². The van der Waals surface area contributed by atoms with Gasteiger partial charge >= 0.3 is 0 Å². The van der Waals surface area contributed by atoms with Gasteiger partial charge in [0.25, 0.3) is 0 Å². The third-order valence-corrected chi connectivity index (χ3v) is 6.52. The van der Waals surface area contributed by atoms with E-state index < -0.39 is 11.6 Å². The smallest absolute Gasteiger partial charge is 0.237 e. The number of hydrogen-bond donors (Lipinski definition) is 0. The number of amides is 1. The Balaban J connectivity index is 1.40. The van der Waals surface area contributed by atoms with Crippen LogP contribution in [0.15, 0.2) is 78.9 Å². The van der Waals surface area contributed by atoms with Crippen LogP contribution in [0.2, 0.25) is 0 Å². The first kappa shape index (κ1) is 23.8. The quantitative estimate of drug-likeness (QED) is 0.459. The molecule has 176 valence electrons. The summed E-state index contributed by atoms with van der Waals surface area (Å²) < 4.78 is 27.5. The molecule has 1 amide bonds. The lowest BCUT2D eigenvalue weighted by molar-refractivity contribution is -0.133. The molecule has 1 aliphatic heterocycles. The van der Waals surface area contributed by atoms with E-state index >= 15 is 0 Å². The van der Waals surface area contributed by atoms with Crippen molar-refractivity contribution in [1.82, 2.24) is 9.80 Å². The van der Waals surface area contributed by atoms with E-state index in [-0.39, 0.29) is 35.8 Å². The highest BCUT2D eigenvalue weighted by Gasteiger charge is 2.30. The fraction of sp³-hybridized carbons (Fsp3) is 0.286. The van der Waals surface area contributed by atoms with Gasteiger partial charge < -0.3 is 4.90 Å². The van der Waals surface area contributed by atoms with Crippen molar-refractivity contribution in [2.75, 3.05) is 26.7 Å². The summed E-state index contributed by atoms with van der Waals surface area (Å²) in [5.74, 6) is -2.07. The Hall–Kier alpha value is -3.38. The molecule has 0 atom stereocenters. The lowest BCUT2D eigenvalue weighted by Crippen LogP contribution is -2.44. The Labute approximate surface area is 198 Å². The molecule has 0 aliphatic carbocycles. The topological polar surface area (TPSA) is 40.6 Å². The number of likely N-dealkylation sites (N-methyl/N-ethyl adjacent to an activating group) is 1. The average Bonchev–Trinajstić information content (AvgIpc) is 2.87. The lowest BCUT2D eigenvalue weighted by Gasteiger charge is -2.34. The van der Waals surface area contributed by atoms with Crippen LogP contribution in [0, 0.1) is 17.6 Å². The normalized spacial score (nSPS) is 14.8. The van der Waals surface area contributed by atoms with Gasteiger partial charge in [-0.1, -0.05) is 60.7 Å². The van der Waals surface area contributed by atoms with E-state index in [1.807, 2.05) is 72.6 Å². The molecular weight excluding hydrogens is 434 g/mol. The minimum atomic E-state index is -0.696. The molecule has 6 heteroatoms. The van der Waals surface area contributed by atoms with Crippen LogP contribution in [0.1, 0.15) is 40.4 Å². The summed E-state index contributed by atoms with van der Waals surface area (Å²) in [7, 11) is 1.82. The number of Topliss-reactive ketones (excluding diaryl/α,β-unsaturated/α-hetero) is 1. The van der Waals surface area contributed by atoms with Gasteiger partial charge in [-0.25, -0.2) is 8.78 Å². The van der Waals surface area contributed by atoms with E-state index in [9.17, 15) is 18.4 Å². The summed E-state index contributed by atoms with van der Waals surface area (Å²) in [6, 6.07) is 22.6. The van der Waals surface area contributed by atoms with Crippen molar-refractivity contribution in [3.05, 3.63) is 107 Å². The van der Waals surface area contributed by atoms with Crippen molar-refractivity contribution in [3.8, 4) is 0 Å². The molecule has 0 bridgehead atoms. The van der Waals surface area contributed by atoms with Gasteiger partial charge in [-0.15, -0.1) is 0 Å². The number of carbonyl (C=O) groups is 2. The average molecular weight is 463 g/mol. The van der Waals surface area contributed by atoms with Gasteiger partial charge in [0.2, 0.25) is 5.91 Å². The maximum absolute atomic E-state index is 14.0. The molecule has 34 heavy (non-hydrogen) atoms. The fourth-order valence-corrected chi connectivity index (χ4v) is 4.62. The monoisotopic (exact) mass is 462 g/mol. The molecule has 0 unspecified atom stereocenters. The van der Waals surface area contributed by atoms with Crippen LogP contribution in [-0.4, -0.2) is 48.2 Å². The summed E-state index contributed by atoms with van der Waals surface area (Å²) in [5, 5.41) is 0. The first-order chi connectivity index (χ1) is 16.4. The van der Waals surface area contributed by atoms with Crippen molar-refractivity contribution in [2.45, 2.75) is 18.9 Å². The Morgan fingerprint density at radius 3 is 2.03 bits per heavy atom. The van der Waals surface area contributed by atoms with E-state index in [2.05, 4.69) is 0 Å². The molecular formula is C28H28F2N2O2. The van der Waals surface area contributed by atoms with Crippen LogP contribution in [0.5, 0.6) is 0 Å². The maximum Gasteiger partial charge on any atom is 0.237 e. The number of carbonyl (C=O) groups excluding carboxylic acids is 2. The molecule has 0 radical (unpaired) electrons. The second-order valence-corrected chi connectivity index (χ2v) is 8.77.